The van der Waals surface area contributed by atoms with Gasteiger partial charge in [-0.05, 0) is 19.4 Å². The molecule has 0 radical (unpaired) electrons. The van der Waals surface area contributed by atoms with Crippen molar-refractivity contribution in [3.05, 3.63) is 41.1 Å². The molecule has 1 aromatic heterocycles. The summed E-state index contributed by atoms with van der Waals surface area (Å²) in [4.78, 5) is 11.0. The Morgan fingerprint density at radius 1 is 1.38 bits per heavy atom. The Hall–Kier alpha value is -2.10. The van der Waals surface area contributed by atoms with Gasteiger partial charge in [-0.3, -0.25) is 5.10 Å². The molecular weight excluding hydrogens is 204 g/mol. The maximum atomic E-state index is 11.0. The van der Waals surface area contributed by atoms with E-state index in [9.17, 15) is 4.79 Å². The second-order valence-corrected chi connectivity index (χ2v) is 3.78. The number of carbonyl (C=O) groups is 1. The molecule has 82 valence electrons. The molecule has 0 bridgehead atoms. The molecule has 0 spiro atoms. The Balaban J connectivity index is 2.59. The van der Waals surface area contributed by atoms with Crippen LogP contribution < -0.4 is 0 Å². The van der Waals surface area contributed by atoms with E-state index in [0.717, 1.165) is 16.7 Å². The Morgan fingerprint density at radius 3 is 2.75 bits per heavy atom. The number of benzene rings is 1. The summed E-state index contributed by atoms with van der Waals surface area (Å²) in [5.74, 6) is -0.969. The first-order chi connectivity index (χ1) is 7.59. The van der Waals surface area contributed by atoms with Crippen molar-refractivity contribution in [1.29, 1.82) is 0 Å². The number of aromatic carboxylic acids is 1. The zero-order valence-electron chi connectivity index (χ0n) is 9.11. The van der Waals surface area contributed by atoms with Crippen molar-refractivity contribution >= 4 is 5.97 Å². The van der Waals surface area contributed by atoms with Crippen molar-refractivity contribution in [1.82, 2.24) is 10.2 Å². The minimum atomic E-state index is -0.969. The lowest BCUT2D eigenvalue weighted by Crippen LogP contribution is -1.97. The Bertz CT molecular complexity index is 544. The first-order valence-corrected chi connectivity index (χ1v) is 4.94. The minimum Gasteiger partial charge on any atom is -0.478 e. The average Bonchev–Trinajstić information content (AvgIpc) is 2.66. The number of nitrogens with one attached hydrogen (secondary N) is 1. The van der Waals surface area contributed by atoms with Gasteiger partial charge < -0.3 is 5.11 Å². The molecule has 2 rings (SSSR count). The monoisotopic (exact) mass is 216 g/mol. The topological polar surface area (TPSA) is 66.0 Å². The van der Waals surface area contributed by atoms with E-state index >= 15 is 0 Å². The van der Waals surface area contributed by atoms with Gasteiger partial charge in [0.25, 0.3) is 0 Å². The van der Waals surface area contributed by atoms with Crippen LogP contribution in [0.3, 0.4) is 0 Å². The van der Waals surface area contributed by atoms with E-state index in [2.05, 4.69) is 10.2 Å². The summed E-state index contributed by atoms with van der Waals surface area (Å²) in [6, 6.07) is 5.88. The van der Waals surface area contributed by atoms with E-state index in [-0.39, 0.29) is 5.56 Å². The number of aromatic nitrogens is 2. The molecule has 0 aliphatic rings. The molecule has 1 heterocycles. The lowest BCUT2D eigenvalue weighted by atomic mass is 10.0. The summed E-state index contributed by atoms with van der Waals surface area (Å²) in [6.45, 7) is 3.96. The Kier molecular flexibility index (Phi) is 2.48. The van der Waals surface area contributed by atoms with Crippen LogP contribution in [-0.4, -0.2) is 21.3 Å². The van der Waals surface area contributed by atoms with Crippen molar-refractivity contribution in [2.24, 2.45) is 0 Å². The molecule has 0 aliphatic heterocycles. The summed E-state index contributed by atoms with van der Waals surface area (Å²) in [7, 11) is 0. The van der Waals surface area contributed by atoms with Gasteiger partial charge in [0.05, 0.1) is 11.9 Å². The summed E-state index contributed by atoms with van der Waals surface area (Å²) in [5.41, 5.74) is 3.82. The van der Waals surface area contributed by atoms with E-state index < -0.39 is 5.97 Å². The predicted molar refractivity (Wildman–Crippen MR) is 60.5 cm³/mol. The zero-order valence-corrected chi connectivity index (χ0v) is 9.11. The highest BCUT2D eigenvalue weighted by Gasteiger charge is 2.15. The van der Waals surface area contributed by atoms with Gasteiger partial charge in [-0.2, -0.15) is 5.10 Å². The van der Waals surface area contributed by atoms with Crippen LogP contribution in [0.2, 0.25) is 0 Å². The number of aryl methyl sites for hydroxylation is 2. The van der Waals surface area contributed by atoms with Gasteiger partial charge >= 0.3 is 5.97 Å². The number of rotatable bonds is 2. The van der Waals surface area contributed by atoms with Gasteiger partial charge in [0.1, 0.15) is 5.56 Å². The van der Waals surface area contributed by atoms with Crippen LogP contribution >= 0.6 is 0 Å². The van der Waals surface area contributed by atoms with E-state index in [4.69, 9.17) is 5.11 Å². The summed E-state index contributed by atoms with van der Waals surface area (Å²) >= 11 is 0. The maximum absolute atomic E-state index is 11.0. The van der Waals surface area contributed by atoms with Gasteiger partial charge in [-0.1, -0.05) is 23.8 Å². The van der Waals surface area contributed by atoms with Crippen molar-refractivity contribution in [2.45, 2.75) is 13.8 Å². The van der Waals surface area contributed by atoms with Crippen LogP contribution in [-0.2, 0) is 0 Å². The van der Waals surface area contributed by atoms with E-state index in [0.29, 0.717) is 5.69 Å². The lowest BCUT2D eigenvalue weighted by Gasteiger charge is -2.05. The van der Waals surface area contributed by atoms with Gasteiger partial charge in [-0.25, -0.2) is 4.79 Å². The van der Waals surface area contributed by atoms with E-state index in [1.165, 1.54) is 6.20 Å². The van der Waals surface area contributed by atoms with Crippen LogP contribution in [0, 0.1) is 13.8 Å². The van der Waals surface area contributed by atoms with E-state index in [1.54, 1.807) is 0 Å². The highest BCUT2D eigenvalue weighted by Crippen LogP contribution is 2.25. The number of nitrogens with zero attached hydrogens (tertiary/aromatic N) is 1. The first-order valence-electron chi connectivity index (χ1n) is 4.94. The molecular formula is C12H12N2O2. The van der Waals surface area contributed by atoms with Crippen molar-refractivity contribution in [3.63, 3.8) is 0 Å². The number of hydrogen-bond acceptors (Lipinski definition) is 2. The number of hydrogen-bond donors (Lipinski definition) is 2. The van der Waals surface area contributed by atoms with Crippen LogP contribution in [0.25, 0.3) is 11.3 Å². The zero-order chi connectivity index (χ0) is 11.7. The van der Waals surface area contributed by atoms with Crippen molar-refractivity contribution in [3.8, 4) is 11.3 Å². The maximum Gasteiger partial charge on any atom is 0.339 e. The fourth-order valence-electron chi connectivity index (χ4n) is 1.75. The SMILES string of the molecule is Cc1ccc(-c2[nH]ncc2C(=O)O)c(C)c1. The lowest BCUT2D eigenvalue weighted by molar-refractivity contribution is 0.0698. The standard InChI is InChI=1S/C12H12N2O2/c1-7-3-4-9(8(2)5-7)11-10(12(15)16)6-13-14-11/h3-6H,1-2H3,(H,13,14)(H,15,16). The molecule has 0 saturated carbocycles. The van der Waals surface area contributed by atoms with Crippen LogP contribution in [0.1, 0.15) is 21.5 Å². The normalized spacial score (nSPS) is 10.4. The van der Waals surface area contributed by atoms with Crippen LogP contribution in [0.15, 0.2) is 24.4 Å². The molecule has 0 aliphatic carbocycles. The Morgan fingerprint density at radius 2 is 2.12 bits per heavy atom. The third-order valence-corrected chi connectivity index (χ3v) is 2.52. The molecule has 0 atom stereocenters. The van der Waals surface area contributed by atoms with Gasteiger partial charge in [0.15, 0.2) is 0 Å². The molecule has 0 amide bonds. The summed E-state index contributed by atoms with van der Waals surface area (Å²) < 4.78 is 0. The molecule has 0 fully saturated rings. The second-order valence-electron chi connectivity index (χ2n) is 3.78. The Labute approximate surface area is 92.9 Å². The largest absolute Gasteiger partial charge is 0.478 e. The first kappa shape index (κ1) is 10.4. The molecule has 4 nitrogen and oxygen atoms in total. The van der Waals surface area contributed by atoms with E-state index in [1.807, 2.05) is 32.0 Å². The van der Waals surface area contributed by atoms with Crippen LogP contribution in [0.4, 0.5) is 0 Å². The third kappa shape index (κ3) is 1.69. The van der Waals surface area contributed by atoms with Crippen molar-refractivity contribution < 1.29 is 9.90 Å². The highest BCUT2D eigenvalue weighted by molar-refractivity contribution is 5.94. The summed E-state index contributed by atoms with van der Waals surface area (Å²) in [5, 5.41) is 15.5. The smallest absolute Gasteiger partial charge is 0.339 e. The average molecular weight is 216 g/mol. The number of carboxylic acid groups (broad SMARTS) is 1. The predicted octanol–water partition coefficient (Wildman–Crippen LogP) is 2.39. The quantitative estimate of drug-likeness (QED) is 0.810. The number of carboxylic acids is 1. The van der Waals surface area contributed by atoms with Gasteiger partial charge in [0.2, 0.25) is 0 Å². The minimum absolute atomic E-state index is 0.201. The highest BCUT2D eigenvalue weighted by atomic mass is 16.4. The molecule has 2 aromatic rings. The molecule has 16 heavy (non-hydrogen) atoms. The van der Waals surface area contributed by atoms with Crippen molar-refractivity contribution in [2.75, 3.05) is 0 Å². The number of aromatic amines is 1. The molecule has 0 saturated heterocycles. The summed E-state index contributed by atoms with van der Waals surface area (Å²) in [6.07, 6.45) is 1.33. The second kappa shape index (κ2) is 3.81. The fraction of sp³-hybridized carbons (Fsp3) is 0.167. The molecule has 2 N–H and O–H groups in total. The molecule has 4 heteroatoms. The molecule has 0 unspecified atom stereocenters. The van der Waals surface area contributed by atoms with Crippen LogP contribution in [0.5, 0.6) is 0 Å². The molecule has 1 aromatic carbocycles. The fourth-order valence-corrected chi connectivity index (χ4v) is 1.75. The number of H-pyrrole nitrogens is 1. The third-order valence-electron chi connectivity index (χ3n) is 2.52. The van der Waals surface area contributed by atoms with Gasteiger partial charge in [-0.15, -0.1) is 0 Å². The van der Waals surface area contributed by atoms with Gasteiger partial charge in [0, 0.05) is 5.56 Å².